The molecule has 0 bridgehead atoms. The first-order chi connectivity index (χ1) is 27.5. The molecule has 12 nitrogen and oxygen atoms in total. The van der Waals surface area contributed by atoms with Gasteiger partial charge in [0.25, 0.3) is 0 Å². The standard InChI is InChI=1S/C22H17N5O.C11H10N4O.C11H11N/c23-12-15-4-7-19-16(10-15)2-1-3-21(19)28-18-6-5-17-13-26-27(20(17)11-18)22-8-9-24-14-25-22;12-6-8-1-2-9(16)5-10(8)15-11-3-4-13-7-14-11;12-8-9-5-6-10-3-1-2-4-11(10)7-9/h4-11,13-14,21H,1-3H2;1-7,12,16H,(H,13,14,15);5-7H,1-4H2/t21-;;/m0../s1. The molecule has 9 rings (SSSR count). The fraction of sp³-hybridized carbons (Fsp3) is 0.182. The Morgan fingerprint density at radius 3 is 2.29 bits per heavy atom. The summed E-state index contributed by atoms with van der Waals surface area (Å²) in [7, 11) is 0. The Hall–Kier alpha value is -7.44. The summed E-state index contributed by atoms with van der Waals surface area (Å²) < 4.78 is 8.16. The van der Waals surface area contributed by atoms with Crippen molar-refractivity contribution in [2.75, 3.05) is 5.32 Å². The highest BCUT2D eigenvalue weighted by Gasteiger charge is 2.22. The van der Waals surface area contributed by atoms with Crippen LogP contribution in [-0.4, -0.2) is 41.0 Å². The van der Waals surface area contributed by atoms with Crippen LogP contribution in [0.1, 0.15) is 70.7 Å². The third-order valence-corrected chi connectivity index (χ3v) is 9.65. The predicted molar refractivity (Wildman–Crippen MR) is 213 cm³/mol. The fourth-order valence-corrected chi connectivity index (χ4v) is 6.87. The first kappa shape index (κ1) is 36.9. The van der Waals surface area contributed by atoms with Gasteiger partial charge in [-0.25, -0.2) is 24.6 Å². The van der Waals surface area contributed by atoms with Crippen molar-refractivity contribution in [2.45, 2.75) is 51.0 Å². The van der Waals surface area contributed by atoms with Crippen LogP contribution in [0.4, 0.5) is 11.5 Å². The van der Waals surface area contributed by atoms with E-state index in [0.717, 1.165) is 47.9 Å². The zero-order valence-electron chi connectivity index (χ0n) is 30.5. The molecule has 0 spiro atoms. The number of nitrogens with zero attached hydrogens (tertiary/aromatic N) is 8. The number of phenolic OH excluding ortho intramolecular Hbond substituents is 1. The van der Waals surface area contributed by atoms with Crippen LogP contribution in [0, 0.1) is 28.1 Å². The molecule has 0 aliphatic heterocycles. The highest BCUT2D eigenvalue weighted by atomic mass is 16.5. The van der Waals surface area contributed by atoms with E-state index in [9.17, 15) is 5.11 Å². The predicted octanol–water partition coefficient (Wildman–Crippen LogP) is 8.50. The minimum atomic E-state index is -0.00985. The van der Waals surface area contributed by atoms with Crippen LogP contribution in [0.2, 0.25) is 0 Å². The third kappa shape index (κ3) is 8.84. The van der Waals surface area contributed by atoms with Crippen LogP contribution >= 0.6 is 0 Å². The van der Waals surface area contributed by atoms with Crippen molar-refractivity contribution in [3.05, 3.63) is 155 Å². The molecule has 0 radical (unpaired) electrons. The van der Waals surface area contributed by atoms with Crippen molar-refractivity contribution in [3.8, 4) is 29.5 Å². The average Bonchev–Trinajstić information content (AvgIpc) is 3.68. The molecule has 2 aliphatic carbocycles. The number of rotatable bonds is 6. The van der Waals surface area contributed by atoms with Gasteiger partial charge in [-0.1, -0.05) is 12.1 Å². The van der Waals surface area contributed by atoms with Gasteiger partial charge in [0, 0.05) is 47.8 Å². The molecule has 3 heterocycles. The third-order valence-electron chi connectivity index (χ3n) is 9.65. The van der Waals surface area contributed by atoms with Crippen molar-refractivity contribution >= 4 is 28.6 Å². The molecule has 3 N–H and O–H groups in total. The van der Waals surface area contributed by atoms with Crippen LogP contribution in [0.5, 0.6) is 11.5 Å². The maximum atomic E-state index is 9.36. The maximum absolute atomic E-state index is 9.36. The Morgan fingerprint density at radius 1 is 0.786 bits per heavy atom. The number of hydrogen-bond acceptors (Lipinski definition) is 11. The fourth-order valence-electron chi connectivity index (χ4n) is 6.87. The summed E-state index contributed by atoms with van der Waals surface area (Å²) in [5, 5.41) is 42.9. The number of aromatic nitrogens is 6. The van der Waals surface area contributed by atoms with Crippen LogP contribution in [0.25, 0.3) is 16.7 Å². The lowest BCUT2D eigenvalue weighted by Gasteiger charge is -2.26. The molecule has 12 heteroatoms. The van der Waals surface area contributed by atoms with E-state index >= 15 is 0 Å². The molecule has 4 aromatic carbocycles. The Kier molecular flexibility index (Phi) is 11.6. The zero-order valence-corrected chi connectivity index (χ0v) is 30.5. The number of aromatic hydroxyl groups is 1. The van der Waals surface area contributed by atoms with Crippen LogP contribution in [0.15, 0.2) is 116 Å². The summed E-state index contributed by atoms with van der Waals surface area (Å²) in [6.45, 7) is 0. The molecule has 56 heavy (non-hydrogen) atoms. The zero-order chi connectivity index (χ0) is 38.7. The molecule has 0 amide bonds. The average molecular weight is 739 g/mol. The number of fused-ring (bicyclic) bond motifs is 3. The van der Waals surface area contributed by atoms with Crippen molar-refractivity contribution in [2.24, 2.45) is 0 Å². The van der Waals surface area contributed by atoms with E-state index in [4.69, 9.17) is 20.7 Å². The van der Waals surface area contributed by atoms with Crippen molar-refractivity contribution in [3.63, 3.8) is 0 Å². The molecule has 0 fully saturated rings. The quantitative estimate of drug-likeness (QED) is 0.140. The highest BCUT2D eigenvalue weighted by Crippen LogP contribution is 2.35. The van der Waals surface area contributed by atoms with Crippen molar-refractivity contribution in [1.29, 1.82) is 15.9 Å². The Labute approximate surface area is 324 Å². The number of nitrogens with one attached hydrogen (secondary N) is 2. The Morgan fingerprint density at radius 2 is 1.54 bits per heavy atom. The van der Waals surface area contributed by atoms with Gasteiger partial charge in [0.15, 0.2) is 5.82 Å². The van der Waals surface area contributed by atoms with Gasteiger partial charge < -0.3 is 20.6 Å². The molecule has 0 saturated carbocycles. The van der Waals surface area contributed by atoms with Crippen molar-refractivity contribution < 1.29 is 9.84 Å². The summed E-state index contributed by atoms with van der Waals surface area (Å²) in [6.07, 6.45) is 17.2. The van der Waals surface area contributed by atoms with E-state index in [1.165, 1.54) is 66.5 Å². The van der Waals surface area contributed by atoms with Gasteiger partial charge >= 0.3 is 0 Å². The second kappa shape index (κ2) is 17.6. The highest BCUT2D eigenvalue weighted by molar-refractivity contribution is 5.87. The largest absolute Gasteiger partial charge is 0.508 e. The molecule has 1 atom stereocenters. The normalized spacial score (nSPS) is 13.9. The number of ether oxygens (including phenoxy) is 1. The smallest absolute Gasteiger partial charge is 0.157 e. The summed E-state index contributed by atoms with van der Waals surface area (Å²) in [5.74, 6) is 2.27. The van der Waals surface area contributed by atoms with Gasteiger partial charge in [-0.2, -0.15) is 15.6 Å². The SMILES string of the molecule is N#Cc1ccc2c(c1)CCCC2.N#Cc1ccc2c(c1)CCC[C@@H]2Oc1ccc2cnn(-c3ccncn3)c2c1.N=Cc1ccc(O)cc1Nc1ccncn1. The van der Waals surface area contributed by atoms with Gasteiger partial charge in [0.05, 0.1) is 40.7 Å². The first-order valence-corrected chi connectivity index (χ1v) is 18.3. The van der Waals surface area contributed by atoms with Crippen molar-refractivity contribution in [1.82, 2.24) is 29.7 Å². The van der Waals surface area contributed by atoms with Crippen LogP contribution < -0.4 is 10.1 Å². The summed E-state index contributed by atoms with van der Waals surface area (Å²) >= 11 is 0. The molecular weight excluding hydrogens is 701 g/mol. The van der Waals surface area contributed by atoms with E-state index in [1.807, 2.05) is 60.8 Å². The summed E-state index contributed by atoms with van der Waals surface area (Å²) in [5.41, 5.74) is 8.97. The molecule has 2 aliphatic rings. The number of hydrogen-bond donors (Lipinski definition) is 3. The van der Waals surface area contributed by atoms with E-state index in [2.05, 4.69) is 48.6 Å². The number of anilines is 2. The van der Waals surface area contributed by atoms with E-state index in [0.29, 0.717) is 28.5 Å². The second-order valence-corrected chi connectivity index (χ2v) is 13.3. The minimum absolute atomic E-state index is 0.00985. The van der Waals surface area contributed by atoms with Crippen LogP contribution in [0.3, 0.4) is 0 Å². The first-order valence-electron chi connectivity index (χ1n) is 18.3. The second-order valence-electron chi connectivity index (χ2n) is 13.3. The van der Waals surface area contributed by atoms with Gasteiger partial charge in [0.2, 0.25) is 0 Å². The summed E-state index contributed by atoms with van der Waals surface area (Å²) in [4.78, 5) is 16.1. The molecule has 7 aromatic rings. The van der Waals surface area contributed by atoms with E-state index < -0.39 is 0 Å². The molecule has 276 valence electrons. The lowest BCUT2D eigenvalue weighted by Crippen LogP contribution is -2.15. The lowest BCUT2D eigenvalue weighted by molar-refractivity contribution is 0.183. The maximum Gasteiger partial charge on any atom is 0.157 e. The Balaban J connectivity index is 0.000000144. The number of benzene rings is 4. The molecule has 3 aromatic heterocycles. The van der Waals surface area contributed by atoms with Crippen LogP contribution in [-0.2, 0) is 19.3 Å². The number of phenols is 1. The molecule has 0 saturated heterocycles. The molecular formula is C44H38N10O2. The molecule has 0 unspecified atom stereocenters. The number of nitriles is 2. The van der Waals surface area contributed by atoms with Gasteiger partial charge in [-0.05, 0) is 122 Å². The van der Waals surface area contributed by atoms with E-state index in [1.54, 1.807) is 35.3 Å². The number of aryl methyl sites for hydroxylation is 3. The Bertz CT molecular complexity index is 2540. The minimum Gasteiger partial charge on any atom is -0.508 e. The van der Waals surface area contributed by atoms with Gasteiger partial charge in [-0.3, -0.25) is 0 Å². The summed E-state index contributed by atoms with van der Waals surface area (Å²) in [6, 6.07) is 30.6. The topological polar surface area (TPSA) is 182 Å². The van der Waals surface area contributed by atoms with Gasteiger partial charge in [0.1, 0.15) is 36.1 Å². The monoisotopic (exact) mass is 738 g/mol. The van der Waals surface area contributed by atoms with E-state index in [-0.39, 0.29) is 11.9 Å². The van der Waals surface area contributed by atoms with Gasteiger partial charge in [-0.15, -0.1) is 0 Å². The lowest BCUT2D eigenvalue weighted by atomic mass is 9.88.